The second-order valence-electron chi connectivity index (χ2n) is 9.42. The summed E-state index contributed by atoms with van der Waals surface area (Å²) in [5.41, 5.74) is 5.36. The van der Waals surface area contributed by atoms with E-state index in [1.54, 1.807) is 0 Å². The summed E-state index contributed by atoms with van der Waals surface area (Å²) < 4.78 is 0. The van der Waals surface area contributed by atoms with E-state index in [0.717, 1.165) is 39.5 Å². The van der Waals surface area contributed by atoms with Crippen molar-refractivity contribution in [1.29, 1.82) is 0 Å². The molecule has 0 radical (unpaired) electrons. The third-order valence-electron chi connectivity index (χ3n) is 6.82. The van der Waals surface area contributed by atoms with Gasteiger partial charge in [0, 0.05) is 31.1 Å². The zero-order valence-corrected chi connectivity index (χ0v) is 21.2. The minimum Gasteiger partial charge on any atom is -0.352 e. The molecule has 0 bridgehead atoms. The average Bonchev–Trinajstić information content (AvgIpc) is 3.24. The van der Waals surface area contributed by atoms with E-state index in [9.17, 15) is 9.59 Å². The van der Waals surface area contributed by atoms with Crippen molar-refractivity contribution in [1.82, 2.24) is 15.2 Å². The Hall–Kier alpha value is -2.99. The normalized spacial score (nSPS) is 15.2. The fraction of sp³-hybridized carbons (Fsp3) is 0.393. The van der Waals surface area contributed by atoms with Gasteiger partial charge < -0.3 is 10.2 Å². The minimum absolute atomic E-state index is 0.0586. The monoisotopic (exact) mass is 475 g/mol. The first-order valence-electron chi connectivity index (χ1n) is 12.0. The molecular formula is C28H33N3O2S. The summed E-state index contributed by atoms with van der Waals surface area (Å²) in [4.78, 5) is 33.3. The van der Waals surface area contributed by atoms with E-state index < -0.39 is 0 Å². The highest BCUT2D eigenvalue weighted by molar-refractivity contribution is 7.17. The van der Waals surface area contributed by atoms with Crippen LogP contribution in [0, 0.1) is 32.6 Å². The molecule has 0 saturated carbocycles. The van der Waals surface area contributed by atoms with Crippen molar-refractivity contribution in [3.63, 3.8) is 0 Å². The smallest absolute Gasteiger partial charge is 0.265 e. The number of benzene rings is 2. The van der Waals surface area contributed by atoms with E-state index in [2.05, 4.69) is 72.7 Å². The molecule has 3 aromatic rings. The number of nitrogens with zero attached hydrogens (tertiary/aromatic N) is 2. The molecule has 1 unspecified atom stereocenters. The maximum atomic E-state index is 13.2. The minimum atomic E-state index is -0.0685. The molecule has 1 saturated heterocycles. The predicted octanol–water partition coefficient (Wildman–Crippen LogP) is 5.54. The molecule has 1 aliphatic rings. The summed E-state index contributed by atoms with van der Waals surface area (Å²) in [6.45, 7) is 9.94. The molecule has 1 aliphatic heterocycles. The largest absolute Gasteiger partial charge is 0.352 e. The molecular weight excluding hydrogens is 442 g/mol. The molecule has 0 aliphatic carbocycles. The van der Waals surface area contributed by atoms with Crippen molar-refractivity contribution in [2.24, 2.45) is 11.8 Å². The van der Waals surface area contributed by atoms with E-state index in [0.29, 0.717) is 19.6 Å². The van der Waals surface area contributed by atoms with Gasteiger partial charge in [-0.15, -0.1) is 11.3 Å². The van der Waals surface area contributed by atoms with Crippen molar-refractivity contribution < 1.29 is 9.59 Å². The van der Waals surface area contributed by atoms with Crippen LogP contribution in [-0.4, -0.2) is 34.8 Å². The maximum absolute atomic E-state index is 13.2. The number of nitrogens with one attached hydrogen (secondary N) is 1. The van der Waals surface area contributed by atoms with Crippen molar-refractivity contribution in [3.8, 4) is 10.6 Å². The Morgan fingerprint density at radius 2 is 1.59 bits per heavy atom. The van der Waals surface area contributed by atoms with Crippen LogP contribution in [0.15, 0.2) is 48.5 Å². The van der Waals surface area contributed by atoms with Crippen LogP contribution in [0.5, 0.6) is 0 Å². The van der Waals surface area contributed by atoms with Gasteiger partial charge in [-0.1, -0.05) is 66.6 Å². The van der Waals surface area contributed by atoms with Crippen molar-refractivity contribution in [3.05, 3.63) is 75.8 Å². The second kappa shape index (κ2) is 10.5. The molecule has 5 nitrogen and oxygen atoms in total. The van der Waals surface area contributed by atoms with Gasteiger partial charge in [0.15, 0.2) is 0 Å². The standard InChI is InChI=1S/C28H33N3O2S/c1-18-5-9-22(10-6-18)17-29-26(32)20(3)23-13-15-31(16-14-23)28(33)25-21(4)30-27(34-25)24-11-7-19(2)8-12-24/h5-12,20,23H,13-17H2,1-4H3,(H,29,32). The number of amides is 2. The highest BCUT2D eigenvalue weighted by Crippen LogP contribution is 2.31. The molecule has 2 aromatic carbocycles. The Morgan fingerprint density at radius 3 is 2.21 bits per heavy atom. The molecule has 2 heterocycles. The van der Waals surface area contributed by atoms with Crippen LogP contribution < -0.4 is 5.32 Å². The topological polar surface area (TPSA) is 62.3 Å². The van der Waals surface area contributed by atoms with Gasteiger partial charge in [0.25, 0.3) is 5.91 Å². The zero-order chi connectivity index (χ0) is 24.2. The van der Waals surface area contributed by atoms with Gasteiger partial charge in [0.05, 0.1) is 5.69 Å². The van der Waals surface area contributed by atoms with Crippen molar-refractivity contribution in [2.75, 3.05) is 13.1 Å². The summed E-state index contributed by atoms with van der Waals surface area (Å²) >= 11 is 1.47. The van der Waals surface area contributed by atoms with E-state index in [-0.39, 0.29) is 23.7 Å². The Kier molecular flexibility index (Phi) is 7.47. The van der Waals surface area contributed by atoms with Gasteiger partial charge in [0.2, 0.25) is 5.91 Å². The van der Waals surface area contributed by atoms with Gasteiger partial charge in [-0.05, 0) is 45.1 Å². The number of carbonyl (C=O) groups excluding carboxylic acids is 2. The van der Waals surface area contributed by atoms with Crippen LogP contribution in [0.25, 0.3) is 10.6 Å². The average molecular weight is 476 g/mol. The Morgan fingerprint density at radius 1 is 1.00 bits per heavy atom. The van der Waals surface area contributed by atoms with Gasteiger partial charge >= 0.3 is 0 Å². The number of hydrogen-bond acceptors (Lipinski definition) is 4. The molecule has 1 N–H and O–H groups in total. The lowest BCUT2D eigenvalue weighted by Gasteiger charge is -2.34. The zero-order valence-electron chi connectivity index (χ0n) is 20.4. The highest BCUT2D eigenvalue weighted by Gasteiger charge is 2.31. The van der Waals surface area contributed by atoms with Gasteiger partial charge in [-0.3, -0.25) is 9.59 Å². The molecule has 6 heteroatoms. The first-order valence-corrected chi connectivity index (χ1v) is 12.8. The van der Waals surface area contributed by atoms with E-state index in [4.69, 9.17) is 0 Å². The van der Waals surface area contributed by atoms with Gasteiger partial charge in [-0.2, -0.15) is 0 Å². The number of hydrogen-bond donors (Lipinski definition) is 1. The van der Waals surface area contributed by atoms with E-state index in [1.165, 1.54) is 22.5 Å². The maximum Gasteiger partial charge on any atom is 0.265 e. The fourth-order valence-electron chi connectivity index (χ4n) is 4.43. The number of rotatable bonds is 6. The first-order chi connectivity index (χ1) is 16.3. The summed E-state index contributed by atoms with van der Waals surface area (Å²) in [5, 5.41) is 3.96. The van der Waals surface area contributed by atoms with Crippen LogP contribution in [0.3, 0.4) is 0 Å². The lowest BCUT2D eigenvalue weighted by Crippen LogP contribution is -2.42. The molecule has 1 aromatic heterocycles. The third-order valence-corrected chi connectivity index (χ3v) is 8.02. The van der Waals surface area contributed by atoms with Crippen molar-refractivity contribution in [2.45, 2.75) is 47.1 Å². The Balaban J connectivity index is 1.31. The number of aryl methyl sites for hydroxylation is 3. The SMILES string of the molecule is Cc1ccc(CNC(=O)C(C)C2CCN(C(=O)c3sc(-c4ccc(C)cc4)nc3C)CC2)cc1. The third kappa shape index (κ3) is 5.55. The fourth-order valence-corrected chi connectivity index (χ4v) is 5.47. The Bertz CT molecular complexity index is 1140. The highest BCUT2D eigenvalue weighted by atomic mass is 32.1. The lowest BCUT2D eigenvalue weighted by atomic mass is 9.84. The quantitative estimate of drug-likeness (QED) is 0.509. The number of aromatic nitrogens is 1. The van der Waals surface area contributed by atoms with Crippen LogP contribution in [0.1, 0.15) is 51.8 Å². The van der Waals surface area contributed by atoms with Crippen LogP contribution in [-0.2, 0) is 11.3 Å². The van der Waals surface area contributed by atoms with Crippen LogP contribution in [0.2, 0.25) is 0 Å². The van der Waals surface area contributed by atoms with E-state index in [1.807, 2.05) is 18.7 Å². The molecule has 0 spiro atoms. The first kappa shape index (κ1) is 24.1. The molecule has 34 heavy (non-hydrogen) atoms. The number of carbonyl (C=O) groups is 2. The number of thiazole rings is 1. The molecule has 1 fully saturated rings. The summed E-state index contributed by atoms with van der Waals surface area (Å²) in [7, 11) is 0. The van der Waals surface area contributed by atoms with Crippen molar-refractivity contribution >= 4 is 23.2 Å². The summed E-state index contributed by atoms with van der Waals surface area (Å²) in [6, 6.07) is 16.5. The lowest BCUT2D eigenvalue weighted by molar-refractivity contribution is -0.126. The summed E-state index contributed by atoms with van der Waals surface area (Å²) in [6.07, 6.45) is 1.68. The van der Waals surface area contributed by atoms with Crippen LogP contribution >= 0.6 is 11.3 Å². The molecule has 178 valence electrons. The summed E-state index contributed by atoms with van der Waals surface area (Å²) in [5.74, 6) is 0.364. The Labute approximate surface area is 206 Å². The van der Waals surface area contributed by atoms with Gasteiger partial charge in [-0.25, -0.2) is 4.98 Å². The van der Waals surface area contributed by atoms with Crippen LogP contribution in [0.4, 0.5) is 0 Å². The van der Waals surface area contributed by atoms with Gasteiger partial charge in [0.1, 0.15) is 9.88 Å². The molecule has 1 atom stereocenters. The second-order valence-corrected chi connectivity index (χ2v) is 10.4. The number of piperidine rings is 1. The predicted molar refractivity (Wildman–Crippen MR) is 138 cm³/mol. The van der Waals surface area contributed by atoms with E-state index >= 15 is 0 Å². The molecule has 4 rings (SSSR count). The molecule has 2 amide bonds. The number of likely N-dealkylation sites (tertiary alicyclic amines) is 1.